The molecule has 1 aliphatic rings. The second-order valence-electron chi connectivity index (χ2n) is 5.07. The highest BCUT2D eigenvalue weighted by Crippen LogP contribution is 2.32. The molecule has 0 aromatic heterocycles. The fourth-order valence-corrected chi connectivity index (χ4v) is 2.56. The van der Waals surface area contributed by atoms with Crippen molar-refractivity contribution in [2.45, 2.75) is 31.1 Å². The van der Waals surface area contributed by atoms with E-state index in [9.17, 15) is 13.2 Å². The first-order valence-corrected chi connectivity index (χ1v) is 6.54. The van der Waals surface area contributed by atoms with Gasteiger partial charge in [-0.2, -0.15) is 13.2 Å². The Morgan fingerprint density at radius 2 is 2.00 bits per heavy atom. The summed E-state index contributed by atoms with van der Waals surface area (Å²) in [5.74, 6) is 0. The van der Waals surface area contributed by atoms with Gasteiger partial charge in [-0.25, -0.2) is 0 Å². The van der Waals surface area contributed by atoms with E-state index in [1.165, 1.54) is 12.1 Å². The molecule has 0 amide bonds. The number of nitrogens with one attached hydrogen (secondary N) is 1. The molecule has 19 heavy (non-hydrogen) atoms. The molecule has 1 aromatic rings. The van der Waals surface area contributed by atoms with Crippen LogP contribution in [0, 0.1) is 0 Å². The van der Waals surface area contributed by atoms with E-state index in [0.29, 0.717) is 6.54 Å². The Kier molecular flexibility index (Phi) is 4.47. The summed E-state index contributed by atoms with van der Waals surface area (Å²) >= 11 is 0. The van der Waals surface area contributed by atoms with Crippen LogP contribution in [0.2, 0.25) is 0 Å². The standard InChI is InChI=1S/C14H19F3N2/c1-19-9-5-8-12(19)10-18-13(14(15,16)17)11-6-3-2-4-7-11/h2-4,6-7,12-13,18H,5,8-10H2,1H3. The third-order valence-electron chi connectivity index (χ3n) is 3.69. The Balaban J connectivity index is 2.03. The lowest BCUT2D eigenvalue weighted by Crippen LogP contribution is -2.41. The van der Waals surface area contributed by atoms with Crippen LogP contribution in [0.1, 0.15) is 24.4 Å². The number of hydrogen-bond donors (Lipinski definition) is 1. The van der Waals surface area contributed by atoms with Crippen LogP contribution in [-0.4, -0.2) is 37.3 Å². The molecule has 1 N–H and O–H groups in total. The molecule has 0 spiro atoms. The van der Waals surface area contributed by atoms with E-state index in [0.717, 1.165) is 19.4 Å². The van der Waals surface area contributed by atoms with Gasteiger partial charge >= 0.3 is 6.18 Å². The Labute approximate surface area is 111 Å². The first-order chi connectivity index (χ1) is 8.98. The van der Waals surface area contributed by atoms with Crippen LogP contribution < -0.4 is 5.32 Å². The number of halogens is 3. The van der Waals surface area contributed by atoms with Gasteiger partial charge in [-0.3, -0.25) is 0 Å². The molecule has 106 valence electrons. The summed E-state index contributed by atoms with van der Waals surface area (Å²) in [4.78, 5) is 2.12. The maximum Gasteiger partial charge on any atom is 0.407 e. The van der Waals surface area contributed by atoms with Crippen molar-refractivity contribution in [3.63, 3.8) is 0 Å². The molecule has 2 rings (SSSR count). The van der Waals surface area contributed by atoms with Gasteiger partial charge in [0, 0.05) is 12.6 Å². The average Bonchev–Trinajstić information content (AvgIpc) is 2.75. The van der Waals surface area contributed by atoms with Crippen molar-refractivity contribution < 1.29 is 13.2 Å². The summed E-state index contributed by atoms with van der Waals surface area (Å²) in [5.41, 5.74) is 0.274. The van der Waals surface area contributed by atoms with E-state index in [1.807, 2.05) is 7.05 Å². The molecule has 1 aliphatic heterocycles. The number of likely N-dealkylation sites (N-methyl/N-ethyl adjacent to an activating group) is 1. The van der Waals surface area contributed by atoms with Crippen molar-refractivity contribution in [2.24, 2.45) is 0 Å². The highest BCUT2D eigenvalue weighted by molar-refractivity contribution is 5.20. The molecule has 0 saturated carbocycles. The smallest absolute Gasteiger partial charge is 0.302 e. The molecule has 1 aromatic carbocycles. The third-order valence-corrected chi connectivity index (χ3v) is 3.69. The van der Waals surface area contributed by atoms with Crippen LogP contribution in [0.15, 0.2) is 30.3 Å². The summed E-state index contributed by atoms with van der Waals surface area (Å²) < 4.78 is 39.3. The number of nitrogens with zero attached hydrogens (tertiary/aromatic N) is 1. The second-order valence-corrected chi connectivity index (χ2v) is 5.07. The SMILES string of the molecule is CN1CCCC1CNC(c1ccccc1)C(F)(F)F. The van der Waals surface area contributed by atoms with Crippen molar-refractivity contribution in [3.8, 4) is 0 Å². The lowest BCUT2D eigenvalue weighted by atomic mass is 10.1. The van der Waals surface area contributed by atoms with Crippen LogP contribution in [-0.2, 0) is 0 Å². The zero-order chi connectivity index (χ0) is 13.9. The first kappa shape index (κ1) is 14.3. The van der Waals surface area contributed by atoms with Gasteiger partial charge in [0.2, 0.25) is 0 Å². The van der Waals surface area contributed by atoms with E-state index in [-0.39, 0.29) is 11.6 Å². The quantitative estimate of drug-likeness (QED) is 0.906. The predicted octanol–water partition coefficient (Wildman–Crippen LogP) is 2.97. The highest BCUT2D eigenvalue weighted by Gasteiger charge is 2.40. The molecule has 5 heteroatoms. The lowest BCUT2D eigenvalue weighted by Gasteiger charge is -2.26. The van der Waals surface area contributed by atoms with Gasteiger partial charge in [0.1, 0.15) is 6.04 Å². The van der Waals surface area contributed by atoms with Crippen molar-refractivity contribution >= 4 is 0 Å². The van der Waals surface area contributed by atoms with Crippen LogP contribution in [0.25, 0.3) is 0 Å². The van der Waals surface area contributed by atoms with Gasteiger partial charge in [0.25, 0.3) is 0 Å². The third kappa shape index (κ3) is 3.70. The second kappa shape index (κ2) is 5.92. The van der Waals surface area contributed by atoms with Crippen molar-refractivity contribution in [2.75, 3.05) is 20.1 Å². The van der Waals surface area contributed by atoms with Gasteiger partial charge in [0.15, 0.2) is 0 Å². The molecular formula is C14H19F3N2. The summed E-state index contributed by atoms with van der Waals surface area (Å²) in [6.45, 7) is 1.34. The van der Waals surface area contributed by atoms with E-state index in [4.69, 9.17) is 0 Å². The minimum absolute atomic E-state index is 0.202. The lowest BCUT2D eigenvalue weighted by molar-refractivity contribution is -0.158. The Bertz CT molecular complexity index is 391. The Hall–Kier alpha value is -1.07. The van der Waals surface area contributed by atoms with Crippen LogP contribution in [0.4, 0.5) is 13.2 Å². The molecule has 0 bridgehead atoms. The predicted molar refractivity (Wildman–Crippen MR) is 68.9 cm³/mol. The molecule has 1 saturated heterocycles. The molecule has 2 atom stereocenters. The largest absolute Gasteiger partial charge is 0.407 e. The highest BCUT2D eigenvalue weighted by atomic mass is 19.4. The number of hydrogen-bond acceptors (Lipinski definition) is 2. The summed E-state index contributed by atoms with van der Waals surface area (Å²) in [7, 11) is 1.96. The van der Waals surface area contributed by atoms with Crippen LogP contribution in [0.3, 0.4) is 0 Å². The van der Waals surface area contributed by atoms with Crippen molar-refractivity contribution in [1.82, 2.24) is 10.2 Å². The average molecular weight is 272 g/mol. The summed E-state index contributed by atoms with van der Waals surface area (Å²) in [5, 5.41) is 2.68. The van der Waals surface area contributed by atoms with Gasteiger partial charge in [-0.05, 0) is 32.0 Å². The maximum absolute atomic E-state index is 13.1. The first-order valence-electron chi connectivity index (χ1n) is 6.54. The number of benzene rings is 1. The van der Waals surface area contributed by atoms with Crippen molar-refractivity contribution in [3.05, 3.63) is 35.9 Å². The minimum Gasteiger partial charge on any atom is -0.302 e. The fourth-order valence-electron chi connectivity index (χ4n) is 2.56. The molecule has 0 aliphatic carbocycles. The number of likely N-dealkylation sites (tertiary alicyclic amines) is 1. The zero-order valence-electron chi connectivity index (χ0n) is 11.0. The molecule has 1 heterocycles. The molecular weight excluding hydrogens is 253 g/mol. The van der Waals surface area contributed by atoms with Gasteiger partial charge in [-0.15, -0.1) is 0 Å². The number of alkyl halides is 3. The Morgan fingerprint density at radius 1 is 1.32 bits per heavy atom. The maximum atomic E-state index is 13.1. The molecule has 0 radical (unpaired) electrons. The van der Waals surface area contributed by atoms with E-state index in [1.54, 1.807) is 18.2 Å². The minimum atomic E-state index is -4.27. The van der Waals surface area contributed by atoms with Crippen LogP contribution in [0.5, 0.6) is 0 Å². The normalized spacial score (nSPS) is 22.6. The summed E-state index contributed by atoms with van der Waals surface area (Å²) in [6.07, 6.45) is -2.24. The van der Waals surface area contributed by atoms with Crippen LogP contribution >= 0.6 is 0 Å². The van der Waals surface area contributed by atoms with E-state index >= 15 is 0 Å². The monoisotopic (exact) mass is 272 g/mol. The van der Waals surface area contributed by atoms with Gasteiger partial charge < -0.3 is 10.2 Å². The Morgan fingerprint density at radius 3 is 2.53 bits per heavy atom. The topological polar surface area (TPSA) is 15.3 Å². The zero-order valence-corrected chi connectivity index (χ0v) is 11.0. The van der Waals surface area contributed by atoms with Gasteiger partial charge in [-0.1, -0.05) is 30.3 Å². The molecule has 1 fully saturated rings. The molecule has 2 unspecified atom stereocenters. The fraction of sp³-hybridized carbons (Fsp3) is 0.571. The van der Waals surface area contributed by atoms with Crippen molar-refractivity contribution in [1.29, 1.82) is 0 Å². The summed E-state index contributed by atoms with van der Waals surface area (Å²) in [6, 6.07) is 6.65. The molecule has 2 nitrogen and oxygen atoms in total. The van der Waals surface area contributed by atoms with E-state index < -0.39 is 12.2 Å². The number of rotatable bonds is 4. The van der Waals surface area contributed by atoms with E-state index in [2.05, 4.69) is 10.2 Å². The van der Waals surface area contributed by atoms with Gasteiger partial charge in [0.05, 0.1) is 0 Å².